The summed E-state index contributed by atoms with van der Waals surface area (Å²) in [6.07, 6.45) is 9.23. The first-order chi connectivity index (χ1) is 14.7. The van der Waals surface area contributed by atoms with Gasteiger partial charge in [-0.15, -0.1) is 0 Å². The highest BCUT2D eigenvalue weighted by Crippen LogP contribution is 2.30. The number of hydrogen-bond acceptors (Lipinski definition) is 5. The molecule has 0 aliphatic carbocycles. The van der Waals surface area contributed by atoms with Crippen LogP contribution in [0.15, 0.2) is 36.5 Å². The Bertz CT molecular complexity index is 998. The van der Waals surface area contributed by atoms with Crippen molar-refractivity contribution in [3.05, 3.63) is 53.5 Å². The SMILES string of the molecule is CCN(CC)Cc1ccc(/C=C/c2nn(C3CCCCO3)c3cc(N)ccc23)nc1. The highest BCUT2D eigenvalue weighted by molar-refractivity contribution is 5.91. The summed E-state index contributed by atoms with van der Waals surface area (Å²) in [5.41, 5.74) is 10.9. The number of nitrogens with zero attached hydrogens (tertiary/aromatic N) is 4. The van der Waals surface area contributed by atoms with Gasteiger partial charge in [0.15, 0.2) is 6.23 Å². The van der Waals surface area contributed by atoms with Crippen LogP contribution in [-0.4, -0.2) is 39.4 Å². The second-order valence-electron chi connectivity index (χ2n) is 7.81. The molecule has 1 saturated heterocycles. The Morgan fingerprint density at radius 1 is 1.17 bits per heavy atom. The van der Waals surface area contributed by atoms with Crippen molar-refractivity contribution < 1.29 is 4.74 Å². The molecule has 3 heterocycles. The highest BCUT2D eigenvalue weighted by atomic mass is 16.5. The molecule has 1 aliphatic rings. The first kappa shape index (κ1) is 20.6. The molecule has 1 aromatic carbocycles. The van der Waals surface area contributed by atoms with E-state index in [1.807, 2.05) is 41.2 Å². The fraction of sp³-hybridized carbons (Fsp3) is 0.417. The minimum atomic E-state index is -0.0253. The van der Waals surface area contributed by atoms with E-state index >= 15 is 0 Å². The maximum absolute atomic E-state index is 6.05. The summed E-state index contributed by atoms with van der Waals surface area (Å²) in [4.78, 5) is 6.99. The molecule has 1 aliphatic heterocycles. The van der Waals surface area contributed by atoms with Gasteiger partial charge in [-0.3, -0.25) is 9.88 Å². The monoisotopic (exact) mass is 405 g/mol. The van der Waals surface area contributed by atoms with Gasteiger partial charge >= 0.3 is 0 Å². The van der Waals surface area contributed by atoms with E-state index in [-0.39, 0.29) is 6.23 Å². The van der Waals surface area contributed by atoms with Gasteiger partial charge in [-0.2, -0.15) is 5.10 Å². The predicted octanol–water partition coefficient (Wildman–Crippen LogP) is 4.72. The van der Waals surface area contributed by atoms with Crippen molar-refractivity contribution in [2.75, 3.05) is 25.4 Å². The molecule has 2 N–H and O–H groups in total. The average molecular weight is 406 g/mol. The molecule has 3 aromatic rings. The molecule has 1 atom stereocenters. The molecule has 158 valence electrons. The van der Waals surface area contributed by atoms with Crippen LogP contribution in [0.4, 0.5) is 5.69 Å². The molecule has 6 heteroatoms. The predicted molar refractivity (Wildman–Crippen MR) is 123 cm³/mol. The van der Waals surface area contributed by atoms with Crippen LogP contribution in [-0.2, 0) is 11.3 Å². The van der Waals surface area contributed by atoms with E-state index in [2.05, 4.69) is 35.9 Å². The van der Waals surface area contributed by atoms with Crippen LogP contribution in [0.2, 0.25) is 0 Å². The summed E-state index contributed by atoms with van der Waals surface area (Å²) in [7, 11) is 0. The average Bonchev–Trinajstić information content (AvgIpc) is 3.15. The zero-order valence-electron chi connectivity index (χ0n) is 17.9. The quantitative estimate of drug-likeness (QED) is 0.576. The van der Waals surface area contributed by atoms with Crippen LogP contribution in [0, 0.1) is 0 Å². The molecular weight excluding hydrogens is 374 g/mol. The van der Waals surface area contributed by atoms with Crippen LogP contribution in [0.1, 0.15) is 56.3 Å². The van der Waals surface area contributed by atoms with Gasteiger partial charge < -0.3 is 10.5 Å². The van der Waals surface area contributed by atoms with Crippen LogP contribution < -0.4 is 5.73 Å². The van der Waals surface area contributed by atoms with Gasteiger partial charge in [-0.1, -0.05) is 19.9 Å². The maximum Gasteiger partial charge on any atom is 0.150 e. The summed E-state index contributed by atoms with van der Waals surface area (Å²) in [5.74, 6) is 0. The number of nitrogen functional groups attached to an aromatic ring is 1. The summed E-state index contributed by atoms with van der Waals surface area (Å²) >= 11 is 0. The van der Waals surface area contributed by atoms with Crippen LogP contribution >= 0.6 is 0 Å². The fourth-order valence-corrected chi connectivity index (χ4v) is 3.94. The van der Waals surface area contributed by atoms with Crippen molar-refractivity contribution in [3.8, 4) is 0 Å². The van der Waals surface area contributed by atoms with E-state index < -0.39 is 0 Å². The fourth-order valence-electron chi connectivity index (χ4n) is 3.94. The summed E-state index contributed by atoms with van der Waals surface area (Å²) < 4.78 is 7.96. The number of pyridine rings is 1. The summed E-state index contributed by atoms with van der Waals surface area (Å²) in [5, 5.41) is 5.94. The van der Waals surface area contributed by atoms with Gasteiger partial charge in [0.25, 0.3) is 0 Å². The first-order valence-corrected chi connectivity index (χ1v) is 10.9. The highest BCUT2D eigenvalue weighted by Gasteiger charge is 2.20. The largest absolute Gasteiger partial charge is 0.399 e. The number of ether oxygens (including phenoxy) is 1. The minimum Gasteiger partial charge on any atom is -0.399 e. The van der Waals surface area contributed by atoms with Gasteiger partial charge in [0, 0.05) is 30.4 Å². The third kappa shape index (κ3) is 4.55. The molecule has 1 fully saturated rings. The van der Waals surface area contributed by atoms with Crippen molar-refractivity contribution >= 4 is 28.7 Å². The lowest BCUT2D eigenvalue weighted by Crippen LogP contribution is -2.22. The number of anilines is 1. The Hall–Kier alpha value is -2.70. The first-order valence-electron chi connectivity index (χ1n) is 10.9. The topological polar surface area (TPSA) is 69.2 Å². The normalized spacial score (nSPS) is 17.4. The summed E-state index contributed by atoms with van der Waals surface area (Å²) in [6.45, 7) is 8.17. The smallest absolute Gasteiger partial charge is 0.150 e. The number of aromatic nitrogens is 3. The Balaban J connectivity index is 1.58. The van der Waals surface area contributed by atoms with E-state index in [0.717, 1.165) is 73.5 Å². The zero-order valence-corrected chi connectivity index (χ0v) is 17.9. The van der Waals surface area contributed by atoms with Crippen molar-refractivity contribution in [2.45, 2.75) is 45.9 Å². The Labute approximate surface area is 178 Å². The van der Waals surface area contributed by atoms with Crippen LogP contribution in [0.25, 0.3) is 23.1 Å². The van der Waals surface area contributed by atoms with Crippen molar-refractivity contribution in [3.63, 3.8) is 0 Å². The van der Waals surface area contributed by atoms with Crippen molar-refractivity contribution in [1.29, 1.82) is 0 Å². The van der Waals surface area contributed by atoms with Gasteiger partial charge in [0.2, 0.25) is 0 Å². The number of hydrogen-bond donors (Lipinski definition) is 1. The standard InChI is InChI=1S/C24H31N5O/c1-3-28(4-2)17-18-8-10-20(26-16-18)11-13-22-21-12-9-19(25)15-23(21)29(27-22)24-7-5-6-14-30-24/h8-13,15-16,24H,3-7,14,17,25H2,1-2H3/b13-11+. The molecule has 4 rings (SSSR count). The third-order valence-electron chi connectivity index (χ3n) is 5.75. The molecule has 6 nitrogen and oxygen atoms in total. The van der Waals surface area contributed by atoms with Gasteiger partial charge in [0.1, 0.15) is 0 Å². The van der Waals surface area contributed by atoms with Crippen molar-refractivity contribution in [1.82, 2.24) is 19.7 Å². The maximum atomic E-state index is 6.05. The lowest BCUT2D eigenvalue weighted by atomic mass is 10.1. The van der Waals surface area contributed by atoms with Gasteiger partial charge in [-0.25, -0.2) is 4.68 Å². The number of rotatable bonds is 7. The third-order valence-corrected chi connectivity index (χ3v) is 5.75. The molecule has 0 spiro atoms. The zero-order chi connectivity index (χ0) is 20.9. The molecule has 0 bridgehead atoms. The van der Waals surface area contributed by atoms with Crippen molar-refractivity contribution in [2.24, 2.45) is 0 Å². The van der Waals surface area contributed by atoms with E-state index in [1.54, 1.807) is 0 Å². The molecule has 1 unspecified atom stereocenters. The minimum absolute atomic E-state index is 0.0253. The molecule has 0 amide bonds. The molecule has 0 radical (unpaired) electrons. The lowest BCUT2D eigenvalue weighted by molar-refractivity contribution is -0.0367. The Kier molecular flexibility index (Phi) is 6.45. The van der Waals surface area contributed by atoms with E-state index in [4.69, 9.17) is 15.6 Å². The lowest BCUT2D eigenvalue weighted by Gasteiger charge is -2.23. The Morgan fingerprint density at radius 2 is 2.03 bits per heavy atom. The van der Waals surface area contributed by atoms with Gasteiger partial charge in [0.05, 0.1) is 16.9 Å². The molecular formula is C24H31N5O. The van der Waals surface area contributed by atoms with E-state index in [1.165, 1.54) is 5.56 Å². The second kappa shape index (κ2) is 9.41. The summed E-state index contributed by atoms with van der Waals surface area (Å²) in [6, 6.07) is 10.2. The number of benzene rings is 1. The number of fused-ring (bicyclic) bond motifs is 1. The number of nitrogens with two attached hydrogens (primary N) is 1. The molecule has 30 heavy (non-hydrogen) atoms. The Morgan fingerprint density at radius 3 is 2.73 bits per heavy atom. The van der Waals surface area contributed by atoms with E-state index in [0.29, 0.717) is 0 Å². The molecule has 2 aromatic heterocycles. The second-order valence-corrected chi connectivity index (χ2v) is 7.81. The van der Waals surface area contributed by atoms with Gasteiger partial charge in [-0.05, 0) is 74.3 Å². The van der Waals surface area contributed by atoms with E-state index in [9.17, 15) is 0 Å². The molecule has 0 saturated carbocycles. The van der Waals surface area contributed by atoms with Crippen LogP contribution in [0.5, 0.6) is 0 Å². The van der Waals surface area contributed by atoms with Crippen LogP contribution in [0.3, 0.4) is 0 Å².